The Labute approximate surface area is 137 Å². The molecule has 0 aromatic carbocycles. The number of pyridine rings is 1. The van der Waals surface area contributed by atoms with Gasteiger partial charge in [0, 0.05) is 32.3 Å². The van der Waals surface area contributed by atoms with Crippen molar-refractivity contribution in [2.45, 2.75) is 19.4 Å². The van der Waals surface area contributed by atoms with Crippen LogP contribution in [0.25, 0.3) is 0 Å². The van der Waals surface area contributed by atoms with E-state index in [1.54, 1.807) is 18.1 Å². The molecular weight excluding hydrogens is 314 g/mol. The van der Waals surface area contributed by atoms with Crippen LogP contribution < -0.4 is 0 Å². The minimum atomic E-state index is -3.17. The molecule has 6 nitrogen and oxygen atoms in total. The van der Waals surface area contributed by atoms with Gasteiger partial charge in [-0.2, -0.15) is 0 Å². The quantitative estimate of drug-likeness (QED) is 0.820. The number of nitrogens with zero attached hydrogens (tertiary/aromatic N) is 3. The van der Waals surface area contributed by atoms with Crippen molar-refractivity contribution >= 4 is 15.9 Å². The molecule has 0 N–H and O–H groups in total. The van der Waals surface area contributed by atoms with Crippen LogP contribution in [0.15, 0.2) is 24.4 Å². The third kappa shape index (κ3) is 3.40. The minimum Gasteiger partial charge on any atom is -0.340 e. The Kier molecular flexibility index (Phi) is 4.42. The van der Waals surface area contributed by atoms with Crippen LogP contribution in [0.1, 0.15) is 18.5 Å². The molecule has 1 saturated heterocycles. The number of aromatic nitrogens is 1. The van der Waals surface area contributed by atoms with E-state index >= 15 is 0 Å². The highest BCUT2D eigenvalue weighted by Gasteiger charge is 2.48. The molecule has 2 aliphatic rings. The van der Waals surface area contributed by atoms with Gasteiger partial charge >= 0.3 is 0 Å². The standard InChI is InChI=1S/C16H23N3O3S/c1-18(11-14-5-3-4-8-17-14)16(20)15-12-6-7-13(15)10-19(9-12)23(2,21)22/h3-5,8,12-13,15H,6-7,9-11H2,1-2H3. The highest BCUT2D eigenvalue weighted by molar-refractivity contribution is 7.88. The van der Waals surface area contributed by atoms with E-state index in [1.807, 2.05) is 18.2 Å². The number of sulfonamides is 1. The molecule has 1 amide bonds. The van der Waals surface area contributed by atoms with E-state index in [-0.39, 0.29) is 23.7 Å². The van der Waals surface area contributed by atoms with Crippen molar-refractivity contribution < 1.29 is 13.2 Å². The second-order valence-electron chi connectivity index (χ2n) is 6.72. The number of hydrogen-bond acceptors (Lipinski definition) is 4. The largest absolute Gasteiger partial charge is 0.340 e. The summed E-state index contributed by atoms with van der Waals surface area (Å²) in [4.78, 5) is 18.8. The van der Waals surface area contributed by atoms with E-state index in [0.717, 1.165) is 18.5 Å². The maximum absolute atomic E-state index is 12.8. The molecule has 1 aliphatic carbocycles. The van der Waals surface area contributed by atoms with Gasteiger partial charge in [0.2, 0.25) is 15.9 Å². The molecule has 2 unspecified atom stereocenters. The first-order valence-electron chi connectivity index (χ1n) is 7.96. The van der Waals surface area contributed by atoms with E-state index in [4.69, 9.17) is 0 Å². The third-order valence-electron chi connectivity index (χ3n) is 5.06. The van der Waals surface area contributed by atoms with Gasteiger partial charge in [0.05, 0.1) is 18.5 Å². The Balaban J connectivity index is 1.69. The lowest BCUT2D eigenvalue weighted by Gasteiger charge is -2.37. The molecule has 1 aliphatic heterocycles. The Morgan fingerprint density at radius 1 is 1.30 bits per heavy atom. The molecule has 1 saturated carbocycles. The van der Waals surface area contributed by atoms with E-state index in [9.17, 15) is 13.2 Å². The highest BCUT2D eigenvalue weighted by atomic mass is 32.2. The van der Waals surface area contributed by atoms with Crippen LogP contribution in [-0.2, 0) is 21.4 Å². The normalized spacial score (nSPS) is 27.8. The van der Waals surface area contributed by atoms with Gasteiger partial charge in [-0.25, -0.2) is 12.7 Å². The van der Waals surface area contributed by atoms with Crippen molar-refractivity contribution in [3.8, 4) is 0 Å². The summed E-state index contributed by atoms with van der Waals surface area (Å²) < 4.78 is 25.1. The first-order chi connectivity index (χ1) is 10.9. The fraction of sp³-hybridized carbons (Fsp3) is 0.625. The minimum absolute atomic E-state index is 0.0540. The van der Waals surface area contributed by atoms with E-state index in [2.05, 4.69) is 4.98 Å². The van der Waals surface area contributed by atoms with E-state index < -0.39 is 10.0 Å². The summed E-state index contributed by atoms with van der Waals surface area (Å²) in [6.07, 6.45) is 4.85. The Hall–Kier alpha value is -1.47. The van der Waals surface area contributed by atoms with Gasteiger partial charge in [0.25, 0.3) is 0 Å². The summed E-state index contributed by atoms with van der Waals surface area (Å²) in [5, 5.41) is 0. The maximum Gasteiger partial charge on any atom is 0.226 e. The fourth-order valence-corrected chi connectivity index (χ4v) is 4.85. The lowest BCUT2D eigenvalue weighted by Crippen LogP contribution is -2.49. The molecule has 1 aromatic heterocycles. The molecule has 2 heterocycles. The van der Waals surface area contributed by atoms with Crippen molar-refractivity contribution in [3.63, 3.8) is 0 Å². The lowest BCUT2D eigenvalue weighted by molar-refractivity contribution is -0.138. The number of piperidine rings is 1. The third-order valence-corrected chi connectivity index (χ3v) is 6.29. The number of fused-ring (bicyclic) bond motifs is 2. The number of carbonyl (C=O) groups is 1. The van der Waals surface area contributed by atoms with Crippen molar-refractivity contribution in [2.24, 2.45) is 17.8 Å². The van der Waals surface area contributed by atoms with E-state index in [0.29, 0.717) is 19.6 Å². The summed E-state index contributed by atoms with van der Waals surface area (Å²) in [6, 6.07) is 5.67. The highest BCUT2D eigenvalue weighted by Crippen LogP contribution is 2.43. The van der Waals surface area contributed by atoms with Gasteiger partial charge in [0.15, 0.2) is 0 Å². The molecular formula is C16H23N3O3S. The second kappa shape index (κ2) is 6.20. The summed E-state index contributed by atoms with van der Waals surface area (Å²) in [6.45, 7) is 1.44. The zero-order chi connectivity index (χ0) is 16.6. The predicted octanol–water partition coefficient (Wildman–Crippen LogP) is 0.958. The van der Waals surface area contributed by atoms with Crippen LogP contribution in [0.2, 0.25) is 0 Å². The maximum atomic E-state index is 12.8. The predicted molar refractivity (Wildman–Crippen MR) is 86.8 cm³/mol. The van der Waals surface area contributed by atoms with Gasteiger partial charge < -0.3 is 4.90 Å². The van der Waals surface area contributed by atoms with Crippen LogP contribution in [0.5, 0.6) is 0 Å². The molecule has 2 fully saturated rings. The number of amides is 1. The number of hydrogen-bond donors (Lipinski definition) is 0. The average Bonchev–Trinajstić information content (AvgIpc) is 2.75. The molecule has 0 radical (unpaired) electrons. The molecule has 1 aromatic rings. The van der Waals surface area contributed by atoms with E-state index in [1.165, 1.54) is 10.6 Å². The topological polar surface area (TPSA) is 70.6 Å². The van der Waals surface area contributed by atoms with Crippen molar-refractivity contribution in [1.82, 2.24) is 14.2 Å². The Morgan fingerprint density at radius 3 is 2.48 bits per heavy atom. The van der Waals surface area contributed by atoms with Gasteiger partial charge in [-0.05, 0) is 36.8 Å². The molecule has 23 heavy (non-hydrogen) atoms. The van der Waals surface area contributed by atoms with Crippen molar-refractivity contribution in [1.29, 1.82) is 0 Å². The molecule has 7 heteroatoms. The Bertz CT molecular complexity index is 663. The molecule has 126 valence electrons. The number of rotatable bonds is 4. The molecule has 3 rings (SSSR count). The van der Waals surface area contributed by atoms with Gasteiger partial charge in [-0.3, -0.25) is 9.78 Å². The Morgan fingerprint density at radius 2 is 1.96 bits per heavy atom. The molecule has 0 spiro atoms. The lowest BCUT2D eigenvalue weighted by atomic mass is 9.85. The van der Waals surface area contributed by atoms with Crippen molar-refractivity contribution in [3.05, 3.63) is 30.1 Å². The summed E-state index contributed by atoms with van der Waals surface area (Å²) >= 11 is 0. The SMILES string of the molecule is CN(Cc1ccccn1)C(=O)C1C2CCC1CN(S(C)(=O)=O)C2. The fourth-order valence-electron chi connectivity index (χ4n) is 3.92. The van der Waals surface area contributed by atoms with Crippen LogP contribution >= 0.6 is 0 Å². The van der Waals surface area contributed by atoms with Crippen molar-refractivity contribution in [2.75, 3.05) is 26.4 Å². The first-order valence-corrected chi connectivity index (χ1v) is 9.81. The summed E-state index contributed by atoms with van der Waals surface area (Å²) in [5.74, 6) is 0.349. The zero-order valence-electron chi connectivity index (χ0n) is 13.6. The van der Waals surface area contributed by atoms with Gasteiger partial charge in [0.1, 0.15) is 0 Å². The summed E-state index contributed by atoms with van der Waals surface area (Å²) in [7, 11) is -1.37. The zero-order valence-corrected chi connectivity index (χ0v) is 14.4. The smallest absolute Gasteiger partial charge is 0.226 e. The molecule has 2 atom stereocenters. The monoisotopic (exact) mass is 337 g/mol. The van der Waals surface area contributed by atoms with Crippen LogP contribution in [0.3, 0.4) is 0 Å². The van der Waals surface area contributed by atoms with Crippen LogP contribution in [0.4, 0.5) is 0 Å². The molecule has 2 bridgehead atoms. The second-order valence-corrected chi connectivity index (χ2v) is 8.70. The van der Waals surface area contributed by atoms with Gasteiger partial charge in [-0.15, -0.1) is 0 Å². The average molecular weight is 337 g/mol. The first kappa shape index (κ1) is 16.4. The summed E-state index contributed by atoms with van der Waals surface area (Å²) in [5.41, 5.74) is 0.865. The number of carbonyl (C=O) groups excluding carboxylic acids is 1. The van der Waals surface area contributed by atoms with Crippen LogP contribution in [0, 0.1) is 17.8 Å². The van der Waals surface area contributed by atoms with Crippen LogP contribution in [-0.4, -0.2) is 54.9 Å². The van der Waals surface area contributed by atoms with Gasteiger partial charge in [-0.1, -0.05) is 6.07 Å².